The molecule has 2 unspecified atom stereocenters. The van der Waals surface area contributed by atoms with Crippen molar-refractivity contribution in [3.05, 3.63) is 24.3 Å². The summed E-state index contributed by atoms with van der Waals surface area (Å²) in [5, 5.41) is 0. The molecule has 0 aliphatic heterocycles. The van der Waals surface area contributed by atoms with Crippen molar-refractivity contribution in [1.82, 2.24) is 0 Å². The first-order valence-corrected chi connectivity index (χ1v) is 5.32. The summed E-state index contributed by atoms with van der Waals surface area (Å²) in [7, 11) is 0. The summed E-state index contributed by atoms with van der Waals surface area (Å²) in [6.45, 7) is 2.26. The Morgan fingerprint density at radius 3 is 2.20 bits per heavy atom. The summed E-state index contributed by atoms with van der Waals surface area (Å²) in [6.07, 6.45) is 10.2. The second-order valence-corrected chi connectivity index (χ2v) is 3.54. The molecule has 0 heterocycles. The Labute approximate surface area is 76.5 Å². The Hall–Kier alpha value is 0.210. The van der Waals surface area contributed by atoms with Crippen LogP contribution in [0.1, 0.15) is 13.3 Å². The van der Waals surface area contributed by atoms with Crippen LogP contribution in [0.5, 0.6) is 0 Å². The second kappa shape index (κ2) is 4.16. The van der Waals surface area contributed by atoms with Gasteiger partial charge < -0.3 is 0 Å². The van der Waals surface area contributed by atoms with E-state index in [1.54, 1.807) is 0 Å². The highest BCUT2D eigenvalue weighted by Gasteiger charge is 2.14. The SMILES string of the molecule is CCC1C=CC=CC1CI. The highest BCUT2D eigenvalue weighted by Crippen LogP contribution is 2.23. The molecule has 56 valence electrons. The standard InChI is InChI=1S/C9H13I/c1-2-8-5-3-4-6-9(8)7-10/h3-6,8-9H,2,7H2,1H3. The number of rotatable bonds is 2. The molecule has 0 nitrogen and oxygen atoms in total. The van der Waals surface area contributed by atoms with Crippen LogP contribution >= 0.6 is 22.6 Å². The third-order valence-corrected chi connectivity index (χ3v) is 3.04. The van der Waals surface area contributed by atoms with E-state index in [1.807, 2.05) is 0 Å². The molecule has 0 aromatic carbocycles. The molecule has 0 amide bonds. The van der Waals surface area contributed by atoms with E-state index in [2.05, 4.69) is 53.8 Å². The lowest BCUT2D eigenvalue weighted by molar-refractivity contribution is 0.504. The third kappa shape index (κ3) is 1.84. The van der Waals surface area contributed by atoms with Gasteiger partial charge in [-0.15, -0.1) is 0 Å². The average Bonchev–Trinajstić information content (AvgIpc) is 2.04. The molecule has 0 radical (unpaired) electrons. The zero-order chi connectivity index (χ0) is 7.40. The first kappa shape index (κ1) is 8.31. The van der Waals surface area contributed by atoms with Crippen molar-refractivity contribution in [3.63, 3.8) is 0 Å². The van der Waals surface area contributed by atoms with Crippen molar-refractivity contribution in [3.8, 4) is 0 Å². The summed E-state index contributed by atoms with van der Waals surface area (Å²) < 4.78 is 1.25. The van der Waals surface area contributed by atoms with Crippen LogP contribution in [0.4, 0.5) is 0 Å². The minimum absolute atomic E-state index is 0.788. The van der Waals surface area contributed by atoms with Crippen LogP contribution < -0.4 is 0 Å². The average molecular weight is 248 g/mol. The zero-order valence-electron chi connectivity index (χ0n) is 6.26. The topological polar surface area (TPSA) is 0 Å². The zero-order valence-corrected chi connectivity index (χ0v) is 8.41. The van der Waals surface area contributed by atoms with Crippen molar-refractivity contribution >= 4 is 22.6 Å². The van der Waals surface area contributed by atoms with Crippen LogP contribution in [0, 0.1) is 11.8 Å². The van der Waals surface area contributed by atoms with Crippen LogP contribution in [-0.4, -0.2) is 4.43 Å². The Bertz CT molecular complexity index is 129. The lowest BCUT2D eigenvalue weighted by Crippen LogP contribution is -2.12. The fraction of sp³-hybridized carbons (Fsp3) is 0.556. The Morgan fingerprint density at radius 1 is 1.20 bits per heavy atom. The molecule has 0 saturated carbocycles. The smallest absolute Gasteiger partial charge is 0.00641 e. The maximum atomic E-state index is 2.46. The van der Waals surface area contributed by atoms with Gasteiger partial charge in [0.15, 0.2) is 0 Å². The van der Waals surface area contributed by atoms with E-state index >= 15 is 0 Å². The normalized spacial score (nSPS) is 31.0. The number of halogens is 1. The van der Waals surface area contributed by atoms with Crippen LogP contribution in [0.3, 0.4) is 0 Å². The molecule has 0 N–H and O–H groups in total. The molecule has 10 heavy (non-hydrogen) atoms. The predicted molar refractivity (Wildman–Crippen MR) is 54.4 cm³/mol. The molecule has 0 aromatic rings. The molecule has 0 saturated heterocycles. The van der Waals surface area contributed by atoms with Gasteiger partial charge in [-0.05, 0) is 18.3 Å². The molecule has 0 bridgehead atoms. The number of hydrogen-bond acceptors (Lipinski definition) is 0. The Balaban J connectivity index is 2.55. The van der Waals surface area contributed by atoms with Crippen molar-refractivity contribution in [2.24, 2.45) is 11.8 Å². The van der Waals surface area contributed by atoms with Crippen LogP contribution in [0.25, 0.3) is 0 Å². The first-order chi connectivity index (χ1) is 4.88. The van der Waals surface area contributed by atoms with Crippen molar-refractivity contribution in [2.45, 2.75) is 13.3 Å². The molecular weight excluding hydrogens is 235 g/mol. The molecule has 1 aliphatic rings. The molecular formula is C9H13I. The monoisotopic (exact) mass is 248 g/mol. The van der Waals surface area contributed by atoms with Gasteiger partial charge >= 0.3 is 0 Å². The van der Waals surface area contributed by atoms with Crippen LogP contribution in [0.2, 0.25) is 0 Å². The molecule has 1 heteroatoms. The summed E-state index contributed by atoms with van der Waals surface area (Å²) in [5.74, 6) is 1.58. The second-order valence-electron chi connectivity index (χ2n) is 2.66. The summed E-state index contributed by atoms with van der Waals surface area (Å²) in [5.41, 5.74) is 0. The highest BCUT2D eigenvalue weighted by molar-refractivity contribution is 14.1. The van der Waals surface area contributed by atoms with Gasteiger partial charge in [0.2, 0.25) is 0 Å². The summed E-state index contributed by atoms with van der Waals surface area (Å²) >= 11 is 2.46. The van der Waals surface area contributed by atoms with Crippen LogP contribution in [0.15, 0.2) is 24.3 Å². The van der Waals surface area contributed by atoms with E-state index < -0.39 is 0 Å². The number of allylic oxidation sites excluding steroid dienone is 4. The quantitative estimate of drug-likeness (QED) is 0.520. The highest BCUT2D eigenvalue weighted by atomic mass is 127. The molecule has 0 fully saturated rings. The van der Waals surface area contributed by atoms with E-state index in [4.69, 9.17) is 0 Å². The van der Waals surface area contributed by atoms with Crippen molar-refractivity contribution in [2.75, 3.05) is 4.43 Å². The van der Waals surface area contributed by atoms with Gasteiger partial charge in [-0.3, -0.25) is 0 Å². The fourth-order valence-electron chi connectivity index (χ4n) is 1.30. The minimum atomic E-state index is 0.788. The van der Waals surface area contributed by atoms with E-state index in [1.165, 1.54) is 10.8 Å². The molecule has 0 aromatic heterocycles. The predicted octanol–water partition coefficient (Wildman–Crippen LogP) is 3.19. The largest absolute Gasteiger partial charge is 0.0857 e. The van der Waals surface area contributed by atoms with Crippen LogP contribution in [-0.2, 0) is 0 Å². The number of hydrogen-bond donors (Lipinski definition) is 0. The maximum absolute atomic E-state index is 2.46. The van der Waals surface area contributed by atoms with Crippen molar-refractivity contribution < 1.29 is 0 Å². The van der Waals surface area contributed by atoms with Gasteiger partial charge in [0.05, 0.1) is 0 Å². The van der Waals surface area contributed by atoms with Crippen molar-refractivity contribution in [1.29, 1.82) is 0 Å². The lowest BCUT2D eigenvalue weighted by Gasteiger charge is -2.20. The molecule has 0 spiro atoms. The van der Waals surface area contributed by atoms with E-state index in [0.717, 1.165) is 11.8 Å². The Morgan fingerprint density at radius 2 is 1.80 bits per heavy atom. The minimum Gasteiger partial charge on any atom is -0.0857 e. The fourth-order valence-corrected chi connectivity index (χ4v) is 2.25. The maximum Gasteiger partial charge on any atom is 0.00641 e. The third-order valence-electron chi connectivity index (χ3n) is 2.03. The molecule has 2 atom stereocenters. The van der Waals surface area contributed by atoms with Gasteiger partial charge in [-0.1, -0.05) is 53.8 Å². The molecule has 1 aliphatic carbocycles. The van der Waals surface area contributed by atoms with Gasteiger partial charge in [0, 0.05) is 4.43 Å². The van der Waals surface area contributed by atoms with Gasteiger partial charge in [0.25, 0.3) is 0 Å². The van der Waals surface area contributed by atoms with Gasteiger partial charge in [-0.2, -0.15) is 0 Å². The molecule has 1 rings (SSSR count). The van der Waals surface area contributed by atoms with E-state index in [0.29, 0.717) is 0 Å². The summed E-state index contributed by atoms with van der Waals surface area (Å²) in [4.78, 5) is 0. The lowest BCUT2D eigenvalue weighted by atomic mass is 9.88. The first-order valence-electron chi connectivity index (χ1n) is 3.79. The van der Waals surface area contributed by atoms with Gasteiger partial charge in [-0.25, -0.2) is 0 Å². The Kier molecular flexibility index (Phi) is 3.46. The number of alkyl halides is 1. The van der Waals surface area contributed by atoms with Gasteiger partial charge in [0.1, 0.15) is 0 Å². The van der Waals surface area contributed by atoms with E-state index in [9.17, 15) is 0 Å². The summed E-state index contributed by atoms with van der Waals surface area (Å²) in [6, 6.07) is 0. The van der Waals surface area contributed by atoms with E-state index in [-0.39, 0.29) is 0 Å².